The second-order valence-electron chi connectivity index (χ2n) is 2.58. The van der Waals surface area contributed by atoms with Crippen molar-refractivity contribution in [2.24, 2.45) is 5.84 Å². The number of hydrogen-bond acceptors (Lipinski definition) is 5. The molecule has 0 fully saturated rings. The minimum Gasteiger partial charge on any atom is -0.465 e. The van der Waals surface area contributed by atoms with E-state index in [1.165, 1.54) is 18.4 Å². The summed E-state index contributed by atoms with van der Waals surface area (Å²) in [7, 11) is 1.37. The van der Waals surface area contributed by atoms with Gasteiger partial charge < -0.3 is 4.74 Å². The second-order valence-corrected chi connectivity index (χ2v) is 3.70. The summed E-state index contributed by atoms with van der Waals surface area (Å²) in [6, 6.07) is 3.66. The van der Waals surface area contributed by atoms with Crippen molar-refractivity contribution < 1.29 is 9.53 Å². The van der Waals surface area contributed by atoms with Gasteiger partial charge in [0.15, 0.2) is 0 Å². The molecule has 0 saturated heterocycles. The molecule has 1 aromatic heterocycles. The van der Waals surface area contributed by atoms with Crippen LogP contribution in [0, 0.1) is 0 Å². The molecule has 13 heavy (non-hydrogen) atoms. The Labute approximate surface area is 80.7 Å². The molecule has 5 heteroatoms. The average Bonchev–Trinajstić information content (AvgIpc) is 2.64. The molecule has 1 rings (SSSR count). The van der Waals surface area contributed by atoms with Gasteiger partial charge in [-0.05, 0) is 19.1 Å². The van der Waals surface area contributed by atoms with E-state index in [0.717, 1.165) is 4.88 Å². The van der Waals surface area contributed by atoms with Crippen LogP contribution >= 0.6 is 11.3 Å². The Morgan fingerprint density at radius 3 is 2.92 bits per heavy atom. The number of thiophene rings is 1. The van der Waals surface area contributed by atoms with Gasteiger partial charge in [0.05, 0.1) is 13.2 Å². The van der Waals surface area contributed by atoms with Crippen LogP contribution in [0.1, 0.15) is 27.5 Å². The number of rotatable bonds is 3. The van der Waals surface area contributed by atoms with E-state index in [-0.39, 0.29) is 12.0 Å². The smallest absolute Gasteiger partial charge is 0.348 e. The van der Waals surface area contributed by atoms with E-state index in [1.807, 2.05) is 13.0 Å². The molecular formula is C8H12N2O2S. The van der Waals surface area contributed by atoms with E-state index in [4.69, 9.17) is 5.84 Å². The van der Waals surface area contributed by atoms with E-state index in [2.05, 4.69) is 10.2 Å². The fourth-order valence-corrected chi connectivity index (χ4v) is 1.82. The van der Waals surface area contributed by atoms with Crippen molar-refractivity contribution in [1.29, 1.82) is 0 Å². The SMILES string of the molecule is COC(=O)c1ccc(C(C)NN)s1. The van der Waals surface area contributed by atoms with Crippen molar-refractivity contribution in [3.05, 3.63) is 21.9 Å². The molecule has 1 heterocycles. The van der Waals surface area contributed by atoms with Gasteiger partial charge in [0, 0.05) is 4.88 Å². The number of ether oxygens (including phenoxy) is 1. The third-order valence-electron chi connectivity index (χ3n) is 1.69. The zero-order valence-electron chi connectivity index (χ0n) is 7.53. The van der Waals surface area contributed by atoms with E-state index in [1.54, 1.807) is 6.07 Å². The van der Waals surface area contributed by atoms with Gasteiger partial charge in [-0.2, -0.15) is 0 Å². The third-order valence-corrected chi connectivity index (χ3v) is 2.94. The zero-order chi connectivity index (χ0) is 9.84. The minimum atomic E-state index is -0.305. The highest BCUT2D eigenvalue weighted by Crippen LogP contribution is 2.22. The van der Waals surface area contributed by atoms with Crippen LogP contribution < -0.4 is 11.3 Å². The molecule has 0 bridgehead atoms. The fourth-order valence-electron chi connectivity index (χ4n) is 0.878. The molecule has 4 nitrogen and oxygen atoms in total. The number of hydrazine groups is 1. The van der Waals surface area contributed by atoms with Gasteiger partial charge in [0.1, 0.15) is 4.88 Å². The second kappa shape index (κ2) is 4.36. The summed E-state index contributed by atoms with van der Waals surface area (Å²) in [5.41, 5.74) is 2.61. The average molecular weight is 200 g/mol. The lowest BCUT2D eigenvalue weighted by atomic mass is 10.3. The minimum absolute atomic E-state index is 0.0587. The van der Waals surface area contributed by atoms with Crippen LogP contribution in [-0.2, 0) is 4.74 Å². The molecule has 3 N–H and O–H groups in total. The maximum Gasteiger partial charge on any atom is 0.348 e. The van der Waals surface area contributed by atoms with E-state index in [0.29, 0.717) is 4.88 Å². The van der Waals surface area contributed by atoms with Gasteiger partial charge in [0.2, 0.25) is 0 Å². The van der Waals surface area contributed by atoms with Crippen LogP contribution in [0.2, 0.25) is 0 Å². The highest BCUT2D eigenvalue weighted by Gasteiger charge is 2.11. The fraction of sp³-hybridized carbons (Fsp3) is 0.375. The van der Waals surface area contributed by atoms with Gasteiger partial charge in [-0.15, -0.1) is 11.3 Å². The van der Waals surface area contributed by atoms with Crippen molar-refractivity contribution in [2.75, 3.05) is 7.11 Å². The molecule has 0 spiro atoms. The van der Waals surface area contributed by atoms with Gasteiger partial charge in [-0.1, -0.05) is 0 Å². The molecule has 1 unspecified atom stereocenters. The Bertz CT molecular complexity index is 298. The molecule has 1 aromatic rings. The number of carbonyl (C=O) groups is 1. The van der Waals surface area contributed by atoms with E-state index in [9.17, 15) is 4.79 Å². The summed E-state index contributed by atoms with van der Waals surface area (Å²) in [5, 5.41) is 0. The molecule has 0 amide bonds. The summed E-state index contributed by atoms with van der Waals surface area (Å²) in [6.45, 7) is 1.92. The first-order chi connectivity index (χ1) is 6.19. The molecule has 0 saturated carbocycles. The Balaban J connectivity index is 2.80. The predicted octanol–water partition coefficient (Wildman–Crippen LogP) is 1.06. The highest BCUT2D eigenvalue weighted by atomic mass is 32.1. The van der Waals surface area contributed by atoms with Crippen LogP contribution in [0.4, 0.5) is 0 Å². The van der Waals surface area contributed by atoms with Gasteiger partial charge in [-0.25, -0.2) is 4.79 Å². The van der Waals surface area contributed by atoms with Crippen LogP contribution in [0.15, 0.2) is 12.1 Å². The Kier molecular flexibility index (Phi) is 3.41. The summed E-state index contributed by atoms with van der Waals surface area (Å²) in [4.78, 5) is 12.7. The largest absolute Gasteiger partial charge is 0.465 e. The molecule has 0 radical (unpaired) electrons. The van der Waals surface area contributed by atoms with Crippen LogP contribution in [0.5, 0.6) is 0 Å². The standard InChI is InChI=1S/C8H12N2O2S/c1-5(10-9)6-3-4-7(13-6)8(11)12-2/h3-5,10H,9H2,1-2H3. The molecule has 72 valence electrons. The molecule has 0 aliphatic heterocycles. The van der Waals surface area contributed by atoms with Gasteiger partial charge in [-0.3, -0.25) is 11.3 Å². The maximum atomic E-state index is 11.1. The molecular weight excluding hydrogens is 188 g/mol. The Morgan fingerprint density at radius 2 is 2.38 bits per heavy atom. The lowest BCUT2D eigenvalue weighted by Gasteiger charge is -2.05. The predicted molar refractivity (Wildman–Crippen MR) is 51.4 cm³/mol. The topological polar surface area (TPSA) is 64.3 Å². The van der Waals surface area contributed by atoms with Crippen LogP contribution in [0.3, 0.4) is 0 Å². The van der Waals surface area contributed by atoms with Crippen molar-refractivity contribution in [3.63, 3.8) is 0 Å². The van der Waals surface area contributed by atoms with Crippen molar-refractivity contribution in [2.45, 2.75) is 13.0 Å². The normalized spacial score (nSPS) is 12.5. The first-order valence-corrected chi connectivity index (χ1v) is 4.65. The van der Waals surface area contributed by atoms with E-state index < -0.39 is 0 Å². The lowest BCUT2D eigenvalue weighted by Crippen LogP contribution is -2.24. The maximum absolute atomic E-state index is 11.1. The monoisotopic (exact) mass is 200 g/mol. The summed E-state index contributed by atoms with van der Waals surface area (Å²) >= 11 is 1.38. The van der Waals surface area contributed by atoms with Gasteiger partial charge in [0.25, 0.3) is 0 Å². The van der Waals surface area contributed by atoms with Crippen molar-refractivity contribution in [3.8, 4) is 0 Å². The number of nitrogens with one attached hydrogen (secondary N) is 1. The quantitative estimate of drug-likeness (QED) is 0.435. The van der Waals surface area contributed by atoms with Gasteiger partial charge >= 0.3 is 5.97 Å². The number of hydrogen-bond donors (Lipinski definition) is 2. The third kappa shape index (κ3) is 2.27. The highest BCUT2D eigenvalue weighted by molar-refractivity contribution is 7.14. The molecule has 0 aliphatic carbocycles. The number of methoxy groups -OCH3 is 1. The first kappa shape index (κ1) is 10.2. The van der Waals surface area contributed by atoms with Crippen molar-refractivity contribution in [1.82, 2.24) is 5.43 Å². The summed E-state index contributed by atoms with van der Waals surface area (Å²) < 4.78 is 4.58. The van der Waals surface area contributed by atoms with E-state index >= 15 is 0 Å². The van der Waals surface area contributed by atoms with Crippen LogP contribution in [0.25, 0.3) is 0 Å². The molecule has 1 atom stereocenters. The summed E-state index contributed by atoms with van der Waals surface area (Å²) in [5.74, 6) is 4.96. The number of nitrogens with two attached hydrogens (primary N) is 1. The van der Waals surface area contributed by atoms with Crippen molar-refractivity contribution >= 4 is 17.3 Å². The summed E-state index contributed by atoms with van der Waals surface area (Å²) in [6.07, 6.45) is 0. The Morgan fingerprint density at radius 1 is 1.69 bits per heavy atom. The zero-order valence-corrected chi connectivity index (χ0v) is 8.35. The molecule has 0 aromatic carbocycles. The van der Waals surface area contributed by atoms with Crippen LogP contribution in [-0.4, -0.2) is 13.1 Å². The molecule has 0 aliphatic rings. The lowest BCUT2D eigenvalue weighted by molar-refractivity contribution is 0.0606. The first-order valence-electron chi connectivity index (χ1n) is 3.83. The number of esters is 1. The Hall–Kier alpha value is -0.910. The number of carbonyl (C=O) groups excluding carboxylic acids is 1.